The molecule has 0 radical (unpaired) electrons. The summed E-state index contributed by atoms with van der Waals surface area (Å²) in [7, 11) is 0. The first-order valence-corrected chi connectivity index (χ1v) is 5.08. The van der Waals surface area contributed by atoms with E-state index in [1.807, 2.05) is 12.1 Å². The fraction of sp³-hybridized carbons (Fsp3) is 0.444. The smallest absolute Gasteiger partial charge is 0.228 e. The second-order valence-corrected chi connectivity index (χ2v) is 4.12. The Kier molecular flexibility index (Phi) is 2.51. The van der Waals surface area contributed by atoms with Gasteiger partial charge >= 0.3 is 0 Å². The second kappa shape index (κ2) is 3.64. The van der Waals surface area contributed by atoms with E-state index in [1.165, 1.54) is 0 Å². The molecule has 1 aromatic heterocycles. The van der Waals surface area contributed by atoms with Crippen molar-refractivity contribution in [1.82, 2.24) is 4.98 Å². The second-order valence-electron chi connectivity index (χ2n) is 3.26. The molecular formula is C9H11BrN2O. The van der Waals surface area contributed by atoms with Crippen LogP contribution in [0.25, 0.3) is 0 Å². The number of halogens is 1. The summed E-state index contributed by atoms with van der Waals surface area (Å²) in [5.41, 5.74) is 5.65. The van der Waals surface area contributed by atoms with Crippen molar-refractivity contribution in [3.63, 3.8) is 0 Å². The highest BCUT2D eigenvalue weighted by molar-refractivity contribution is 9.10. The van der Waals surface area contributed by atoms with Gasteiger partial charge in [0.05, 0.1) is 4.47 Å². The molecule has 0 amide bonds. The van der Waals surface area contributed by atoms with E-state index in [0.717, 1.165) is 17.3 Å². The molecule has 1 saturated carbocycles. The van der Waals surface area contributed by atoms with Crippen LogP contribution in [0.2, 0.25) is 0 Å². The van der Waals surface area contributed by atoms with Gasteiger partial charge in [-0.15, -0.1) is 0 Å². The third kappa shape index (κ3) is 2.00. The fourth-order valence-corrected chi connectivity index (χ4v) is 1.67. The lowest BCUT2D eigenvalue weighted by molar-refractivity contribution is 0.0949. The fourth-order valence-electron chi connectivity index (χ4n) is 1.32. The molecule has 0 aromatic carbocycles. The lowest BCUT2D eigenvalue weighted by Gasteiger charge is -2.32. The van der Waals surface area contributed by atoms with Crippen molar-refractivity contribution in [1.29, 1.82) is 0 Å². The molecule has 2 N–H and O–H groups in total. The molecule has 1 fully saturated rings. The first-order chi connectivity index (χ1) is 6.25. The van der Waals surface area contributed by atoms with Gasteiger partial charge in [0.1, 0.15) is 6.10 Å². The third-order valence-electron chi connectivity index (χ3n) is 2.13. The number of hydrogen-bond acceptors (Lipinski definition) is 3. The quantitative estimate of drug-likeness (QED) is 0.860. The molecule has 0 unspecified atom stereocenters. The van der Waals surface area contributed by atoms with E-state index in [4.69, 9.17) is 10.5 Å². The number of aromatic nitrogens is 1. The molecular weight excluding hydrogens is 232 g/mol. The maximum absolute atomic E-state index is 5.65. The molecule has 3 nitrogen and oxygen atoms in total. The van der Waals surface area contributed by atoms with Crippen molar-refractivity contribution in [2.45, 2.75) is 25.0 Å². The molecule has 1 aromatic rings. The molecule has 4 heteroatoms. The molecule has 0 saturated heterocycles. The Bertz CT molecular complexity index is 299. The van der Waals surface area contributed by atoms with Crippen LogP contribution >= 0.6 is 15.9 Å². The minimum absolute atomic E-state index is 0.251. The van der Waals surface area contributed by atoms with Crippen molar-refractivity contribution >= 4 is 15.9 Å². The van der Waals surface area contributed by atoms with E-state index < -0.39 is 0 Å². The average molecular weight is 243 g/mol. The highest BCUT2D eigenvalue weighted by Gasteiger charge is 2.28. The van der Waals surface area contributed by atoms with Crippen molar-refractivity contribution in [3.05, 3.63) is 22.8 Å². The minimum Gasteiger partial charge on any atom is -0.473 e. The Balaban J connectivity index is 1.98. The van der Waals surface area contributed by atoms with E-state index in [0.29, 0.717) is 11.9 Å². The van der Waals surface area contributed by atoms with Crippen molar-refractivity contribution in [3.8, 4) is 5.88 Å². The van der Waals surface area contributed by atoms with Crippen molar-refractivity contribution < 1.29 is 4.74 Å². The minimum atomic E-state index is 0.251. The molecule has 0 bridgehead atoms. The summed E-state index contributed by atoms with van der Waals surface area (Å²) in [6, 6.07) is 4.09. The van der Waals surface area contributed by atoms with Crippen LogP contribution in [0.3, 0.4) is 0 Å². The van der Waals surface area contributed by atoms with Gasteiger partial charge in [-0.25, -0.2) is 4.98 Å². The summed E-state index contributed by atoms with van der Waals surface area (Å²) in [5.74, 6) is 0.666. The predicted molar refractivity (Wildman–Crippen MR) is 53.6 cm³/mol. The van der Waals surface area contributed by atoms with Gasteiger partial charge in [0, 0.05) is 12.2 Å². The van der Waals surface area contributed by atoms with Crippen LogP contribution in [0, 0.1) is 0 Å². The zero-order valence-electron chi connectivity index (χ0n) is 7.11. The van der Waals surface area contributed by atoms with Gasteiger partial charge in [0.25, 0.3) is 0 Å². The highest BCUT2D eigenvalue weighted by atomic mass is 79.9. The van der Waals surface area contributed by atoms with Gasteiger partial charge in [-0.1, -0.05) is 0 Å². The lowest BCUT2D eigenvalue weighted by atomic mass is 9.90. The van der Waals surface area contributed by atoms with Gasteiger partial charge < -0.3 is 10.5 Å². The van der Waals surface area contributed by atoms with Crippen LogP contribution in [-0.4, -0.2) is 17.1 Å². The largest absolute Gasteiger partial charge is 0.473 e. The van der Waals surface area contributed by atoms with Crippen LogP contribution in [-0.2, 0) is 0 Å². The van der Waals surface area contributed by atoms with Crippen LogP contribution in [0.1, 0.15) is 12.8 Å². The molecule has 0 spiro atoms. The molecule has 70 valence electrons. The third-order valence-corrected chi connectivity index (χ3v) is 2.74. The molecule has 0 aliphatic heterocycles. The zero-order chi connectivity index (χ0) is 9.26. The van der Waals surface area contributed by atoms with Crippen molar-refractivity contribution in [2.75, 3.05) is 0 Å². The summed E-state index contributed by atoms with van der Waals surface area (Å²) in [6.07, 6.45) is 3.84. The monoisotopic (exact) mass is 242 g/mol. The van der Waals surface area contributed by atoms with Gasteiger partial charge in [-0.3, -0.25) is 0 Å². The highest BCUT2D eigenvalue weighted by Crippen LogP contribution is 2.27. The zero-order valence-corrected chi connectivity index (χ0v) is 8.70. The molecule has 13 heavy (non-hydrogen) atoms. The number of ether oxygens (including phenoxy) is 1. The predicted octanol–water partition coefficient (Wildman–Crippen LogP) is 1.71. The number of rotatable bonds is 2. The normalized spacial score (nSPS) is 26.6. The lowest BCUT2D eigenvalue weighted by Crippen LogP contribution is -2.43. The average Bonchev–Trinajstić information content (AvgIpc) is 2.06. The Labute approximate surface area is 85.4 Å². The van der Waals surface area contributed by atoms with E-state index in [1.54, 1.807) is 6.20 Å². The van der Waals surface area contributed by atoms with E-state index in [-0.39, 0.29) is 6.10 Å². The SMILES string of the molecule is N[C@H]1C[C@@H](Oc2ncccc2Br)C1. The summed E-state index contributed by atoms with van der Waals surface area (Å²) in [4.78, 5) is 4.12. The Morgan fingerprint density at radius 3 is 2.92 bits per heavy atom. The molecule has 1 heterocycles. The molecule has 2 rings (SSSR count). The van der Waals surface area contributed by atoms with Gasteiger partial charge in [0.15, 0.2) is 0 Å². The topological polar surface area (TPSA) is 48.1 Å². The number of pyridine rings is 1. The molecule has 1 aliphatic carbocycles. The van der Waals surface area contributed by atoms with Gasteiger partial charge in [-0.2, -0.15) is 0 Å². The molecule has 1 aliphatic rings. The van der Waals surface area contributed by atoms with Crippen LogP contribution < -0.4 is 10.5 Å². The summed E-state index contributed by atoms with van der Waals surface area (Å²) < 4.78 is 6.51. The van der Waals surface area contributed by atoms with Crippen molar-refractivity contribution in [2.24, 2.45) is 5.73 Å². The molecule has 0 atom stereocenters. The van der Waals surface area contributed by atoms with Crippen LogP contribution in [0.15, 0.2) is 22.8 Å². The number of hydrogen-bond donors (Lipinski definition) is 1. The summed E-state index contributed by atoms with van der Waals surface area (Å²) >= 11 is 3.37. The summed E-state index contributed by atoms with van der Waals surface area (Å²) in [6.45, 7) is 0. The van der Waals surface area contributed by atoms with Gasteiger partial charge in [-0.05, 0) is 40.9 Å². The van der Waals surface area contributed by atoms with E-state index in [9.17, 15) is 0 Å². The first-order valence-electron chi connectivity index (χ1n) is 4.28. The Morgan fingerprint density at radius 2 is 2.31 bits per heavy atom. The first kappa shape index (κ1) is 8.97. The van der Waals surface area contributed by atoms with E-state index >= 15 is 0 Å². The maximum Gasteiger partial charge on any atom is 0.228 e. The standard InChI is InChI=1S/C9H11BrN2O/c10-8-2-1-3-12-9(8)13-7-4-6(11)5-7/h1-3,6-7H,4-5,11H2/t6-,7+. The number of nitrogens with zero attached hydrogens (tertiary/aromatic N) is 1. The van der Waals surface area contributed by atoms with Crippen LogP contribution in [0.5, 0.6) is 5.88 Å². The van der Waals surface area contributed by atoms with Gasteiger partial charge in [0.2, 0.25) is 5.88 Å². The Hall–Kier alpha value is -0.610. The summed E-state index contributed by atoms with van der Waals surface area (Å²) in [5, 5.41) is 0. The maximum atomic E-state index is 5.65. The van der Waals surface area contributed by atoms with Crippen LogP contribution in [0.4, 0.5) is 0 Å². The number of nitrogens with two attached hydrogens (primary N) is 1. The van der Waals surface area contributed by atoms with E-state index in [2.05, 4.69) is 20.9 Å². The Morgan fingerprint density at radius 1 is 1.54 bits per heavy atom.